The number of rotatable bonds is 5. The molecule has 0 spiro atoms. The van der Waals surface area contributed by atoms with Gasteiger partial charge in [-0.05, 0) is 30.9 Å². The second-order valence-corrected chi connectivity index (χ2v) is 9.56. The Morgan fingerprint density at radius 3 is 2.61 bits per heavy atom. The molecular weight excluding hydrogens is 444 g/mol. The predicted octanol–water partition coefficient (Wildman–Crippen LogP) is 5.81. The number of ether oxygens (including phenoxy) is 1. The fourth-order valence-corrected chi connectivity index (χ4v) is 5.00. The van der Waals surface area contributed by atoms with E-state index < -0.39 is 10.8 Å². The van der Waals surface area contributed by atoms with Gasteiger partial charge in [0.1, 0.15) is 5.75 Å². The van der Waals surface area contributed by atoms with Gasteiger partial charge in [-0.25, -0.2) is 0 Å². The molecule has 0 fully saturated rings. The molecule has 2 aromatic carbocycles. The van der Waals surface area contributed by atoms with Crippen LogP contribution in [-0.2, 0) is 9.59 Å². The first-order valence-corrected chi connectivity index (χ1v) is 11.3. The normalized spacial score (nSPS) is 20.0. The molecule has 1 atom stereocenters. The number of non-ortho nitro benzene ring substituents is 1. The molecule has 1 amide bonds. The van der Waals surface area contributed by atoms with E-state index in [2.05, 4.69) is 0 Å². The summed E-state index contributed by atoms with van der Waals surface area (Å²) in [6, 6.07) is 11.5. The fourth-order valence-electron chi connectivity index (χ4n) is 4.80. The van der Waals surface area contributed by atoms with Gasteiger partial charge in [0.05, 0.1) is 22.2 Å². The van der Waals surface area contributed by atoms with Gasteiger partial charge in [-0.1, -0.05) is 43.6 Å². The lowest BCUT2D eigenvalue weighted by Crippen LogP contribution is -2.44. The van der Waals surface area contributed by atoms with Crippen LogP contribution < -0.4 is 9.64 Å². The Labute approximate surface area is 197 Å². The Balaban J connectivity index is 1.94. The summed E-state index contributed by atoms with van der Waals surface area (Å²) in [6.07, 6.45) is 0.851. The molecule has 0 N–H and O–H groups in total. The van der Waals surface area contributed by atoms with Gasteiger partial charge in [0.25, 0.3) is 5.69 Å². The molecule has 0 saturated carbocycles. The second-order valence-electron chi connectivity index (χ2n) is 9.15. The van der Waals surface area contributed by atoms with E-state index in [4.69, 9.17) is 16.3 Å². The molecule has 1 aliphatic carbocycles. The zero-order chi connectivity index (χ0) is 23.9. The van der Waals surface area contributed by atoms with Gasteiger partial charge < -0.3 is 4.74 Å². The predicted molar refractivity (Wildman–Crippen MR) is 126 cm³/mol. The summed E-state index contributed by atoms with van der Waals surface area (Å²) in [5.74, 6) is -0.105. The zero-order valence-electron chi connectivity index (χ0n) is 18.8. The summed E-state index contributed by atoms with van der Waals surface area (Å²) < 4.78 is 5.80. The minimum Gasteiger partial charge on any atom is -0.494 e. The monoisotopic (exact) mass is 468 g/mol. The average molecular weight is 469 g/mol. The average Bonchev–Trinajstić information content (AvgIpc) is 2.73. The molecule has 33 heavy (non-hydrogen) atoms. The van der Waals surface area contributed by atoms with Gasteiger partial charge in [-0.2, -0.15) is 0 Å². The van der Waals surface area contributed by atoms with E-state index >= 15 is 0 Å². The van der Waals surface area contributed by atoms with Crippen LogP contribution in [0.1, 0.15) is 51.5 Å². The van der Waals surface area contributed by atoms with E-state index in [1.165, 1.54) is 23.1 Å². The highest BCUT2D eigenvalue weighted by Crippen LogP contribution is 2.50. The molecule has 0 bridgehead atoms. The van der Waals surface area contributed by atoms with Gasteiger partial charge in [-0.3, -0.25) is 24.6 Å². The summed E-state index contributed by atoms with van der Waals surface area (Å²) in [7, 11) is 0. The number of nitro benzene ring substituents is 1. The van der Waals surface area contributed by atoms with Gasteiger partial charge in [0.2, 0.25) is 5.91 Å². The molecule has 1 unspecified atom stereocenters. The molecule has 1 heterocycles. The summed E-state index contributed by atoms with van der Waals surface area (Å²) in [5.41, 5.74) is 1.59. The molecule has 0 radical (unpaired) electrons. The molecule has 0 aromatic heterocycles. The molecule has 8 heteroatoms. The smallest absolute Gasteiger partial charge is 0.271 e. The van der Waals surface area contributed by atoms with Crippen molar-refractivity contribution in [2.75, 3.05) is 11.5 Å². The van der Waals surface area contributed by atoms with Crippen LogP contribution >= 0.6 is 11.6 Å². The maximum absolute atomic E-state index is 13.6. The lowest BCUT2D eigenvalue weighted by Gasteiger charge is -2.43. The van der Waals surface area contributed by atoms with E-state index in [0.717, 1.165) is 5.56 Å². The third-order valence-electron chi connectivity index (χ3n) is 6.12. The summed E-state index contributed by atoms with van der Waals surface area (Å²) in [4.78, 5) is 39.3. The van der Waals surface area contributed by atoms with Crippen LogP contribution in [0.3, 0.4) is 0 Å². The maximum Gasteiger partial charge on any atom is 0.271 e. The van der Waals surface area contributed by atoms with Gasteiger partial charge in [0.15, 0.2) is 5.78 Å². The van der Waals surface area contributed by atoms with Crippen LogP contribution in [0.5, 0.6) is 5.75 Å². The van der Waals surface area contributed by atoms with Crippen molar-refractivity contribution in [1.29, 1.82) is 0 Å². The topological polar surface area (TPSA) is 89.8 Å². The van der Waals surface area contributed by atoms with Crippen molar-refractivity contribution in [2.45, 2.75) is 46.0 Å². The highest BCUT2D eigenvalue weighted by Gasteiger charge is 2.45. The van der Waals surface area contributed by atoms with Gasteiger partial charge >= 0.3 is 0 Å². The minimum absolute atomic E-state index is 0.0309. The third kappa shape index (κ3) is 4.25. The number of allylic oxidation sites excluding steroid dienone is 2. The largest absolute Gasteiger partial charge is 0.494 e. The highest BCUT2D eigenvalue weighted by molar-refractivity contribution is 6.34. The van der Waals surface area contributed by atoms with Crippen molar-refractivity contribution in [1.82, 2.24) is 0 Å². The number of halogens is 1. The van der Waals surface area contributed by atoms with E-state index in [-0.39, 0.29) is 39.9 Å². The first-order chi connectivity index (χ1) is 15.6. The number of hydrogen-bond acceptors (Lipinski definition) is 5. The number of para-hydroxylation sites is 1. The lowest BCUT2D eigenvalue weighted by molar-refractivity contribution is -0.384. The van der Waals surface area contributed by atoms with Gasteiger partial charge in [-0.15, -0.1) is 0 Å². The number of nitro groups is 1. The minimum atomic E-state index is -0.527. The van der Waals surface area contributed by atoms with E-state index in [1.807, 2.05) is 45.0 Å². The standard InChI is InChI=1S/C25H25ClN2O5/c1-4-33-22-8-6-5-7-16(22)17-12-23(30)27(19-11-15(28(31)32)9-10-18(19)26)20-13-25(2,3)14-21(29)24(17)20/h5-11,17H,4,12-14H2,1-3H3. The Kier molecular flexibility index (Phi) is 6.01. The van der Waals surface area contributed by atoms with Crippen LogP contribution in [0.4, 0.5) is 11.4 Å². The Bertz CT molecular complexity index is 1190. The Morgan fingerprint density at radius 2 is 1.91 bits per heavy atom. The summed E-state index contributed by atoms with van der Waals surface area (Å²) in [6.45, 7) is 6.29. The SMILES string of the molecule is CCOc1ccccc1C1CC(=O)N(c2cc([N+](=O)[O-])ccc2Cl)C2=C1C(=O)CC(C)(C)C2. The summed E-state index contributed by atoms with van der Waals surface area (Å²) >= 11 is 6.41. The summed E-state index contributed by atoms with van der Waals surface area (Å²) in [5, 5.41) is 11.6. The van der Waals surface area contributed by atoms with E-state index in [9.17, 15) is 19.7 Å². The number of ketones is 1. The van der Waals surface area contributed by atoms with Crippen molar-refractivity contribution in [3.63, 3.8) is 0 Å². The number of Topliss-reactive ketones (excluding diaryl/α,β-unsaturated/α-hetero) is 1. The van der Waals surface area contributed by atoms with Crippen molar-refractivity contribution < 1.29 is 19.2 Å². The lowest BCUT2D eigenvalue weighted by atomic mass is 9.69. The number of hydrogen-bond donors (Lipinski definition) is 0. The zero-order valence-corrected chi connectivity index (χ0v) is 19.5. The van der Waals surface area contributed by atoms with Crippen molar-refractivity contribution in [3.8, 4) is 5.75 Å². The molecule has 7 nitrogen and oxygen atoms in total. The quantitative estimate of drug-likeness (QED) is 0.408. The van der Waals surface area contributed by atoms with Crippen LogP contribution in [0.25, 0.3) is 0 Å². The first-order valence-electron chi connectivity index (χ1n) is 10.9. The van der Waals surface area contributed by atoms with Crippen molar-refractivity contribution in [3.05, 3.63) is 74.4 Å². The van der Waals surface area contributed by atoms with Gasteiger partial charge in [0, 0.05) is 47.7 Å². The molecule has 4 rings (SSSR count). The number of carbonyl (C=O) groups is 2. The molecule has 2 aliphatic rings. The molecule has 2 aromatic rings. The molecule has 1 aliphatic heterocycles. The van der Waals surface area contributed by atoms with Crippen LogP contribution in [0, 0.1) is 15.5 Å². The first kappa shape index (κ1) is 23.0. The Hall–Kier alpha value is -3.19. The number of benzene rings is 2. The molecule has 172 valence electrons. The van der Waals surface area contributed by atoms with Crippen LogP contribution in [0.2, 0.25) is 5.02 Å². The van der Waals surface area contributed by atoms with Crippen molar-refractivity contribution in [2.24, 2.45) is 5.41 Å². The highest BCUT2D eigenvalue weighted by atomic mass is 35.5. The van der Waals surface area contributed by atoms with E-state index in [1.54, 1.807) is 0 Å². The van der Waals surface area contributed by atoms with Crippen LogP contribution in [-0.4, -0.2) is 23.2 Å². The number of anilines is 1. The van der Waals surface area contributed by atoms with Crippen molar-refractivity contribution >= 4 is 34.7 Å². The maximum atomic E-state index is 13.6. The molecular formula is C25H25ClN2O5. The third-order valence-corrected chi connectivity index (χ3v) is 6.44. The fraction of sp³-hybridized carbons (Fsp3) is 0.360. The second kappa shape index (κ2) is 8.63. The molecule has 0 saturated heterocycles. The number of amides is 1. The van der Waals surface area contributed by atoms with Crippen LogP contribution in [0.15, 0.2) is 53.7 Å². The number of carbonyl (C=O) groups excluding carboxylic acids is 2. The Morgan fingerprint density at radius 1 is 1.18 bits per heavy atom. The number of nitrogens with zero attached hydrogens (tertiary/aromatic N) is 2. The van der Waals surface area contributed by atoms with E-state index in [0.29, 0.717) is 36.5 Å².